The van der Waals surface area contributed by atoms with Gasteiger partial charge in [-0.15, -0.1) is 0 Å². The van der Waals surface area contributed by atoms with Crippen LogP contribution in [-0.4, -0.2) is 32.6 Å². The van der Waals surface area contributed by atoms with Crippen molar-refractivity contribution in [3.8, 4) is 0 Å². The molecule has 1 aliphatic heterocycles. The zero-order valence-electron chi connectivity index (χ0n) is 16.3. The van der Waals surface area contributed by atoms with Crippen LogP contribution in [0.5, 0.6) is 0 Å². The van der Waals surface area contributed by atoms with Gasteiger partial charge in [0.25, 0.3) is 0 Å². The van der Waals surface area contributed by atoms with Crippen molar-refractivity contribution in [1.29, 1.82) is 0 Å². The predicted octanol–water partition coefficient (Wildman–Crippen LogP) is 4.70. The van der Waals surface area contributed by atoms with E-state index in [4.69, 9.17) is 12.2 Å². The Morgan fingerprint density at radius 2 is 1.88 bits per heavy atom. The Kier molecular flexibility index (Phi) is 4.18. The predicted molar refractivity (Wildman–Crippen MR) is 111 cm³/mol. The van der Waals surface area contributed by atoms with E-state index in [0.717, 1.165) is 51.6 Å². The minimum absolute atomic E-state index is 0.395. The van der Waals surface area contributed by atoms with E-state index in [2.05, 4.69) is 47.0 Å². The number of thiocarbonyl (C=S) groups is 1. The molecule has 138 valence electrons. The van der Waals surface area contributed by atoms with Crippen molar-refractivity contribution >= 4 is 34.1 Å². The maximum atomic E-state index is 5.78. The first kappa shape index (κ1) is 17.7. The zero-order chi connectivity index (χ0) is 18.6. The van der Waals surface area contributed by atoms with E-state index >= 15 is 0 Å². The lowest BCUT2D eigenvalue weighted by Crippen LogP contribution is -2.41. The second-order valence-electron chi connectivity index (χ2n) is 8.81. The number of anilines is 1. The van der Waals surface area contributed by atoms with Crippen LogP contribution < -0.4 is 5.32 Å². The monoisotopic (exact) mass is 368 g/mol. The van der Waals surface area contributed by atoms with Crippen LogP contribution in [0, 0.1) is 31.1 Å². The molecule has 2 aromatic rings. The molecule has 2 bridgehead atoms. The summed E-state index contributed by atoms with van der Waals surface area (Å²) in [7, 11) is 0. The van der Waals surface area contributed by atoms with Crippen LogP contribution in [0.25, 0.3) is 11.0 Å². The lowest BCUT2D eigenvalue weighted by molar-refractivity contribution is 0.107. The van der Waals surface area contributed by atoms with E-state index in [0.29, 0.717) is 11.5 Å². The number of benzene rings is 1. The summed E-state index contributed by atoms with van der Waals surface area (Å²) >= 11 is 5.78. The molecule has 0 spiro atoms. The smallest absolute Gasteiger partial charge is 0.173 e. The van der Waals surface area contributed by atoms with Crippen molar-refractivity contribution in [3.63, 3.8) is 0 Å². The molecule has 5 heteroatoms. The summed E-state index contributed by atoms with van der Waals surface area (Å²) in [6.07, 6.45) is 2.49. The van der Waals surface area contributed by atoms with E-state index in [-0.39, 0.29) is 0 Å². The first-order valence-corrected chi connectivity index (χ1v) is 9.98. The van der Waals surface area contributed by atoms with E-state index in [1.54, 1.807) is 0 Å². The van der Waals surface area contributed by atoms with Gasteiger partial charge in [0.15, 0.2) is 5.11 Å². The van der Waals surface area contributed by atoms with Gasteiger partial charge in [0.2, 0.25) is 0 Å². The van der Waals surface area contributed by atoms with Gasteiger partial charge in [0.1, 0.15) is 0 Å². The Labute approximate surface area is 161 Å². The molecule has 4 rings (SSSR count). The van der Waals surface area contributed by atoms with E-state index < -0.39 is 0 Å². The molecule has 4 nitrogen and oxygen atoms in total. The van der Waals surface area contributed by atoms with Crippen LogP contribution in [0.2, 0.25) is 0 Å². The van der Waals surface area contributed by atoms with Gasteiger partial charge in [-0.1, -0.05) is 20.8 Å². The van der Waals surface area contributed by atoms with Gasteiger partial charge in [-0.3, -0.25) is 0 Å². The van der Waals surface area contributed by atoms with Gasteiger partial charge in [-0.05, 0) is 74.4 Å². The second kappa shape index (κ2) is 6.15. The summed E-state index contributed by atoms with van der Waals surface area (Å²) in [5.74, 6) is 1.49. The molecule has 2 heterocycles. The van der Waals surface area contributed by atoms with Gasteiger partial charge in [-0.25, -0.2) is 9.97 Å². The fourth-order valence-electron chi connectivity index (χ4n) is 4.69. The lowest BCUT2D eigenvalue weighted by atomic mass is 9.65. The topological polar surface area (TPSA) is 41.1 Å². The Hall–Kier alpha value is -1.75. The quantitative estimate of drug-likeness (QED) is 0.739. The molecule has 1 aromatic heterocycles. The minimum atomic E-state index is 0.395. The lowest BCUT2D eigenvalue weighted by Gasteiger charge is -2.41. The molecular formula is C21H28N4S. The third-order valence-corrected chi connectivity index (χ3v) is 7.07. The normalized spacial score (nSPS) is 27.0. The van der Waals surface area contributed by atoms with Gasteiger partial charge < -0.3 is 10.2 Å². The van der Waals surface area contributed by atoms with E-state index in [1.165, 1.54) is 12.8 Å². The minimum Gasteiger partial charge on any atom is -0.346 e. The number of nitrogens with zero attached hydrogens (tertiary/aromatic N) is 3. The van der Waals surface area contributed by atoms with Gasteiger partial charge in [0, 0.05) is 18.3 Å². The number of fused-ring (bicyclic) bond motifs is 3. The molecule has 2 aliphatic rings. The number of nitrogens with one attached hydrogen (secondary N) is 1. The number of hydrogen-bond donors (Lipinski definition) is 1. The fourth-order valence-corrected chi connectivity index (χ4v) is 5.03. The molecule has 1 N–H and O–H groups in total. The van der Waals surface area contributed by atoms with E-state index in [1.807, 2.05) is 26.0 Å². The van der Waals surface area contributed by atoms with Crippen molar-refractivity contribution in [2.45, 2.75) is 53.5 Å². The maximum absolute atomic E-state index is 5.78. The fraction of sp³-hybridized carbons (Fsp3) is 0.571. The largest absolute Gasteiger partial charge is 0.346 e. The number of aryl methyl sites for hydroxylation is 2. The van der Waals surface area contributed by atoms with Crippen LogP contribution in [0.3, 0.4) is 0 Å². The first-order chi connectivity index (χ1) is 12.2. The molecule has 0 radical (unpaired) electrons. The van der Waals surface area contributed by atoms with Crippen molar-refractivity contribution in [2.75, 3.05) is 11.9 Å². The zero-order valence-corrected chi connectivity index (χ0v) is 17.2. The van der Waals surface area contributed by atoms with Crippen molar-refractivity contribution in [1.82, 2.24) is 14.9 Å². The highest BCUT2D eigenvalue weighted by Gasteiger charge is 2.48. The van der Waals surface area contributed by atoms with Gasteiger partial charge in [0.05, 0.1) is 22.4 Å². The molecule has 26 heavy (non-hydrogen) atoms. The second-order valence-corrected chi connectivity index (χ2v) is 9.20. The Morgan fingerprint density at radius 1 is 1.19 bits per heavy atom. The van der Waals surface area contributed by atoms with Crippen molar-refractivity contribution < 1.29 is 0 Å². The Bertz CT molecular complexity index is 876. The van der Waals surface area contributed by atoms with Crippen molar-refractivity contribution in [3.05, 3.63) is 29.6 Å². The summed E-state index contributed by atoms with van der Waals surface area (Å²) in [5, 5.41) is 4.30. The summed E-state index contributed by atoms with van der Waals surface area (Å²) in [5.41, 5.74) is 5.18. The number of rotatable bonds is 1. The average Bonchev–Trinajstić information content (AvgIpc) is 2.94. The molecule has 1 saturated heterocycles. The van der Waals surface area contributed by atoms with Crippen LogP contribution in [0.4, 0.5) is 5.69 Å². The first-order valence-electron chi connectivity index (χ1n) is 9.57. The summed E-state index contributed by atoms with van der Waals surface area (Å²) < 4.78 is 0. The van der Waals surface area contributed by atoms with E-state index in [9.17, 15) is 0 Å². The SMILES string of the molecule is Cc1nc2ccc(NC(=S)N3C[C@H]4C[C@@H]3CC(C)(C)[C@@H]4C)cc2nc1C. The molecule has 3 atom stereocenters. The standard InChI is InChI=1S/C21H28N4S/c1-12-15-8-17(10-21(12,4)5)25(11-15)20(26)24-16-6-7-18-19(9-16)23-14(3)13(2)22-18/h6-7,9,12,15,17H,8,10-11H2,1-5H3,(H,24,26)/t12-,15-,17-/m1/s1. The molecular weight excluding hydrogens is 340 g/mol. The van der Waals surface area contributed by atoms with Crippen LogP contribution in [0.15, 0.2) is 18.2 Å². The average molecular weight is 369 g/mol. The Balaban J connectivity index is 1.54. The molecule has 1 aliphatic carbocycles. The summed E-state index contributed by atoms with van der Waals surface area (Å²) in [6, 6.07) is 6.69. The molecule has 0 amide bonds. The van der Waals surface area contributed by atoms with Crippen molar-refractivity contribution in [2.24, 2.45) is 17.3 Å². The van der Waals surface area contributed by atoms with Gasteiger partial charge >= 0.3 is 0 Å². The molecule has 2 fully saturated rings. The number of likely N-dealkylation sites (tertiary alicyclic amines) is 1. The summed E-state index contributed by atoms with van der Waals surface area (Å²) in [6.45, 7) is 12.3. The molecule has 1 aromatic carbocycles. The number of hydrogen-bond acceptors (Lipinski definition) is 3. The van der Waals surface area contributed by atoms with Crippen LogP contribution in [-0.2, 0) is 0 Å². The third-order valence-electron chi connectivity index (χ3n) is 6.74. The highest BCUT2D eigenvalue weighted by atomic mass is 32.1. The number of aromatic nitrogens is 2. The van der Waals surface area contributed by atoms with Crippen LogP contribution in [0.1, 0.15) is 45.0 Å². The van der Waals surface area contributed by atoms with Crippen LogP contribution >= 0.6 is 12.2 Å². The highest BCUT2D eigenvalue weighted by molar-refractivity contribution is 7.80. The molecule has 1 saturated carbocycles. The molecule has 0 unspecified atom stereocenters. The summed E-state index contributed by atoms with van der Waals surface area (Å²) in [4.78, 5) is 11.7. The highest BCUT2D eigenvalue weighted by Crippen LogP contribution is 2.49. The third kappa shape index (κ3) is 2.96. The van der Waals surface area contributed by atoms with Gasteiger partial charge in [-0.2, -0.15) is 0 Å². The Morgan fingerprint density at radius 3 is 2.62 bits per heavy atom. The maximum Gasteiger partial charge on any atom is 0.173 e.